The van der Waals surface area contributed by atoms with Gasteiger partial charge < -0.3 is 14.4 Å². The normalized spacial score (nSPS) is 15.3. The van der Waals surface area contributed by atoms with Gasteiger partial charge in [0, 0.05) is 49.4 Å². The summed E-state index contributed by atoms with van der Waals surface area (Å²) in [4.78, 5) is 18.3. The number of hydrogen-bond donors (Lipinski definition) is 0. The monoisotopic (exact) mass is 480 g/mol. The molecule has 2 aromatic heterocycles. The fourth-order valence-corrected chi connectivity index (χ4v) is 4.58. The Hall–Kier alpha value is -3.65. The lowest BCUT2D eigenvalue weighted by molar-refractivity contribution is 0.0729. The largest absolute Gasteiger partial charge is 0.486 e. The fraction of sp³-hybridized carbons (Fsp3) is 0.269. The van der Waals surface area contributed by atoms with Gasteiger partial charge in [-0.1, -0.05) is 12.1 Å². The second kappa shape index (κ2) is 9.09. The highest BCUT2D eigenvalue weighted by Crippen LogP contribution is 2.37. The molecular formula is C26H23B2FN4O3. The van der Waals surface area contributed by atoms with Gasteiger partial charge in [-0.25, -0.2) is 4.39 Å². The lowest BCUT2D eigenvalue weighted by atomic mass is 9.59. The first-order chi connectivity index (χ1) is 17.2. The smallest absolute Gasteiger partial charge is 0.255 e. The Kier molecular flexibility index (Phi) is 6.08. The van der Waals surface area contributed by atoms with E-state index < -0.39 is 11.2 Å². The molecule has 1 unspecified atom stereocenters. The number of methoxy groups -OCH3 is 1. The third kappa shape index (κ3) is 4.05. The first kappa shape index (κ1) is 24.1. The van der Waals surface area contributed by atoms with Crippen LogP contribution in [0, 0.1) is 5.82 Å². The molecule has 10 heteroatoms. The van der Waals surface area contributed by atoms with E-state index in [0.29, 0.717) is 29.0 Å². The molecule has 0 N–H and O–H groups in total. The molecule has 2 aromatic carbocycles. The molecular weight excluding hydrogens is 457 g/mol. The highest BCUT2D eigenvalue weighted by Gasteiger charge is 2.43. The minimum absolute atomic E-state index is 0.0965. The zero-order valence-corrected chi connectivity index (χ0v) is 20.2. The predicted molar refractivity (Wildman–Crippen MR) is 135 cm³/mol. The summed E-state index contributed by atoms with van der Waals surface area (Å²) in [6, 6.07) is 11.8. The molecule has 1 amide bonds. The zero-order valence-electron chi connectivity index (χ0n) is 20.2. The van der Waals surface area contributed by atoms with Crippen LogP contribution in [-0.4, -0.2) is 61.1 Å². The summed E-state index contributed by atoms with van der Waals surface area (Å²) < 4.78 is 28.2. The fourth-order valence-electron chi connectivity index (χ4n) is 4.58. The number of carbonyl (C=O) groups is 1. The molecule has 4 radical (unpaired) electrons. The van der Waals surface area contributed by atoms with Gasteiger partial charge in [-0.2, -0.15) is 5.10 Å². The number of aryl methyl sites for hydroxylation is 1. The molecule has 3 heterocycles. The topological polar surface area (TPSA) is 69.5 Å². The van der Waals surface area contributed by atoms with Crippen molar-refractivity contribution >= 4 is 32.5 Å². The first-order valence-electron chi connectivity index (χ1n) is 11.5. The number of fused-ring (bicyclic) bond motifs is 2. The quantitative estimate of drug-likeness (QED) is 0.380. The van der Waals surface area contributed by atoms with E-state index in [1.807, 2.05) is 32.3 Å². The Morgan fingerprint density at radius 3 is 2.69 bits per heavy atom. The number of amides is 1. The van der Waals surface area contributed by atoms with Crippen LogP contribution in [0.1, 0.15) is 28.5 Å². The lowest BCUT2D eigenvalue weighted by Crippen LogP contribution is -2.44. The number of rotatable bonds is 7. The van der Waals surface area contributed by atoms with Crippen LogP contribution in [0.15, 0.2) is 54.9 Å². The zero-order chi connectivity index (χ0) is 25.6. The lowest BCUT2D eigenvalue weighted by Gasteiger charge is -2.33. The summed E-state index contributed by atoms with van der Waals surface area (Å²) in [6.45, 7) is 2.26. The van der Waals surface area contributed by atoms with E-state index in [4.69, 9.17) is 25.2 Å². The second-order valence-electron chi connectivity index (χ2n) is 8.98. The average Bonchev–Trinajstić information content (AvgIpc) is 3.32. The Morgan fingerprint density at radius 1 is 1.17 bits per heavy atom. The van der Waals surface area contributed by atoms with Crippen LogP contribution in [-0.2, 0) is 23.7 Å². The molecule has 5 rings (SSSR count). The summed E-state index contributed by atoms with van der Waals surface area (Å²) in [7, 11) is 15.9. The highest BCUT2D eigenvalue weighted by molar-refractivity contribution is 6.42. The van der Waals surface area contributed by atoms with Crippen molar-refractivity contribution < 1.29 is 18.7 Å². The molecule has 0 saturated heterocycles. The Labute approximate surface area is 211 Å². The number of nitrogens with zero attached hydrogens (tertiary/aromatic N) is 4. The number of aromatic nitrogens is 3. The molecule has 178 valence electrons. The van der Waals surface area contributed by atoms with E-state index in [-0.39, 0.29) is 29.8 Å². The molecule has 0 spiro atoms. The van der Waals surface area contributed by atoms with Crippen LogP contribution < -0.4 is 4.74 Å². The van der Waals surface area contributed by atoms with Crippen molar-refractivity contribution in [3.05, 3.63) is 77.5 Å². The van der Waals surface area contributed by atoms with Crippen molar-refractivity contribution in [1.82, 2.24) is 19.7 Å². The molecule has 0 bridgehead atoms. The van der Waals surface area contributed by atoms with Crippen LogP contribution in [0.5, 0.6) is 5.75 Å². The van der Waals surface area contributed by atoms with E-state index >= 15 is 4.39 Å². The van der Waals surface area contributed by atoms with Crippen molar-refractivity contribution in [3.63, 3.8) is 0 Å². The predicted octanol–water partition coefficient (Wildman–Crippen LogP) is 3.29. The summed E-state index contributed by atoms with van der Waals surface area (Å²) in [5, 5.41) is 3.74. The summed E-state index contributed by atoms with van der Waals surface area (Å²) >= 11 is 0. The number of halogens is 1. The average molecular weight is 480 g/mol. The van der Waals surface area contributed by atoms with Crippen molar-refractivity contribution in [2.45, 2.75) is 24.9 Å². The van der Waals surface area contributed by atoms with Gasteiger partial charge in [-0.3, -0.25) is 14.5 Å². The molecule has 4 aromatic rings. The van der Waals surface area contributed by atoms with Crippen molar-refractivity contribution in [1.29, 1.82) is 0 Å². The van der Waals surface area contributed by atoms with Gasteiger partial charge in [0.15, 0.2) is 0 Å². The van der Waals surface area contributed by atoms with Crippen molar-refractivity contribution in [3.8, 4) is 16.9 Å². The van der Waals surface area contributed by atoms with Gasteiger partial charge in [-0.05, 0) is 48.4 Å². The van der Waals surface area contributed by atoms with Crippen molar-refractivity contribution in [2.75, 3.05) is 13.7 Å². The van der Waals surface area contributed by atoms with Crippen LogP contribution in [0.3, 0.4) is 0 Å². The van der Waals surface area contributed by atoms with Gasteiger partial charge in [0.05, 0.1) is 33.6 Å². The standard InChI is InChI=1S/C26H23B2FN4O3/c1-15(14-35-3)36-22-9-8-18(20-13-32(2)31-23(20)22)16-6-7-17(21(29)11-16)12-33-25(34)19-5-4-10-30-24(19)26(33,27)28/h4-11,13,15H,12,14H2,1-3H3. The molecule has 1 aliphatic rings. The molecule has 1 aliphatic heterocycles. The second-order valence-corrected chi connectivity index (χ2v) is 8.98. The third-order valence-corrected chi connectivity index (χ3v) is 6.29. The first-order valence-corrected chi connectivity index (χ1v) is 11.5. The SMILES string of the molecule is [B]C1([B])c2ncccc2C(=O)N1Cc1ccc(-c2ccc(OC(C)COC)c3nn(C)cc23)cc1F. The molecule has 36 heavy (non-hydrogen) atoms. The molecule has 0 fully saturated rings. The molecule has 1 atom stereocenters. The highest BCUT2D eigenvalue weighted by atomic mass is 19.1. The third-order valence-electron chi connectivity index (χ3n) is 6.29. The number of hydrogen-bond acceptors (Lipinski definition) is 5. The van der Waals surface area contributed by atoms with Gasteiger partial charge in [0.25, 0.3) is 5.91 Å². The van der Waals surface area contributed by atoms with Crippen LogP contribution >= 0.6 is 0 Å². The maximum Gasteiger partial charge on any atom is 0.255 e. The van der Waals surface area contributed by atoms with Crippen LogP contribution in [0.25, 0.3) is 22.0 Å². The number of carbonyl (C=O) groups excluding carboxylic acids is 1. The van der Waals surface area contributed by atoms with Gasteiger partial charge >= 0.3 is 0 Å². The van der Waals surface area contributed by atoms with E-state index in [1.165, 1.54) is 17.2 Å². The number of benzene rings is 2. The molecule has 7 nitrogen and oxygen atoms in total. The minimum atomic E-state index is -1.63. The number of pyridine rings is 1. The maximum atomic E-state index is 15.3. The van der Waals surface area contributed by atoms with Gasteiger partial charge in [0.1, 0.15) is 23.2 Å². The van der Waals surface area contributed by atoms with E-state index in [2.05, 4.69) is 10.1 Å². The minimum Gasteiger partial charge on any atom is -0.486 e. The van der Waals surface area contributed by atoms with Gasteiger partial charge in [0.2, 0.25) is 0 Å². The molecule has 0 saturated carbocycles. The Morgan fingerprint density at radius 2 is 1.97 bits per heavy atom. The summed E-state index contributed by atoms with van der Waals surface area (Å²) in [5.41, 5.74) is 3.02. The van der Waals surface area contributed by atoms with Gasteiger partial charge in [-0.15, -0.1) is 0 Å². The summed E-state index contributed by atoms with van der Waals surface area (Å²) in [6.07, 6.45) is 3.23. The van der Waals surface area contributed by atoms with Crippen LogP contribution in [0.4, 0.5) is 4.39 Å². The van der Waals surface area contributed by atoms with E-state index in [0.717, 1.165) is 10.9 Å². The van der Waals surface area contributed by atoms with Crippen molar-refractivity contribution in [2.24, 2.45) is 7.05 Å². The van der Waals surface area contributed by atoms with Crippen LogP contribution in [0.2, 0.25) is 0 Å². The number of ether oxygens (including phenoxy) is 2. The van der Waals surface area contributed by atoms with E-state index in [1.54, 1.807) is 36.1 Å². The summed E-state index contributed by atoms with van der Waals surface area (Å²) in [5.74, 6) is -0.244. The Bertz CT molecular complexity index is 1470. The molecule has 0 aliphatic carbocycles. The van der Waals surface area contributed by atoms with E-state index in [9.17, 15) is 4.79 Å². The maximum absolute atomic E-state index is 15.3. The Balaban J connectivity index is 1.46.